The van der Waals surface area contributed by atoms with Crippen LogP contribution in [-0.2, 0) is 27.0 Å². The van der Waals surface area contributed by atoms with Crippen molar-refractivity contribution in [1.29, 1.82) is 0 Å². The smallest absolute Gasteiger partial charge is 0.416 e. The monoisotopic (exact) mass is 502 g/mol. The second kappa shape index (κ2) is 10.4. The maximum absolute atomic E-state index is 12.7. The van der Waals surface area contributed by atoms with Crippen molar-refractivity contribution in [2.75, 3.05) is 6.61 Å². The highest BCUT2D eigenvalue weighted by Gasteiger charge is 2.43. The van der Waals surface area contributed by atoms with Crippen molar-refractivity contribution in [3.8, 4) is 11.3 Å². The highest BCUT2D eigenvalue weighted by atomic mass is 19.4. The summed E-state index contributed by atoms with van der Waals surface area (Å²) in [5, 5.41) is 58.3. The van der Waals surface area contributed by atoms with Crippen molar-refractivity contribution in [1.82, 2.24) is 20.3 Å². The number of rotatable bonds is 8. The van der Waals surface area contributed by atoms with Gasteiger partial charge in [0.05, 0.1) is 24.4 Å². The summed E-state index contributed by atoms with van der Waals surface area (Å²) >= 11 is 0. The Labute approximate surface area is 194 Å². The van der Waals surface area contributed by atoms with E-state index in [1.807, 2.05) is 0 Å². The van der Waals surface area contributed by atoms with Gasteiger partial charge in [-0.25, -0.2) is 9.48 Å². The molecule has 35 heavy (non-hydrogen) atoms. The van der Waals surface area contributed by atoms with Gasteiger partial charge in [-0.05, 0) is 18.2 Å². The van der Waals surface area contributed by atoms with Crippen molar-refractivity contribution in [2.45, 2.75) is 43.2 Å². The molecule has 5 atom stereocenters. The molecule has 15 heteroatoms. The lowest BCUT2D eigenvalue weighted by molar-refractivity contribution is -0.149. The summed E-state index contributed by atoms with van der Waals surface area (Å²) in [4.78, 5) is 23.7. The SMILES string of the molecule is O=C(Cn1cc(-c2ccc(C(F)(F)F)cc2)nn1)N[C@H]1[C@H]([C@H](O)[C@H](O)CO)OC(C(=O)O)=C[C@@H]1O. The van der Waals surface area contributed by atoms with E-state index in [1.54, 1.807) is 0 Å². The molecule has 2 heterocycles. The van der Waals surface area contributed by atoms with Gasteiger partial charge in [-0.15, -0.1) is 5.10 Å². The summed E-state index contributed by atoms with van der Waals surface area (Å²) < 4.78 is 44.3. The number of amides is 1. The quantitative estimate of drug-likeness (QED) is 0.258. The summed E-state index contributed by atoms with van der Waals surface area (Å²) in [6, 6.07) is 2.71. The number of aliphatic hydroxyl groups is 4. The number of aliphatic carboxylic acids is 1. The Morgan fingerprint density at radius 1 is 1.20 bits per heavy atom. The first kappa shape index (κ1) is 26.1. The third-order valence-electron chi connectivity index (χ3n) is 5.12. The number of carbonyl (C=O) groups is 2. The number of carbonyl (C=O) groups excluding carboxylic acids is 1. The van der Waals surface area contributed by atoms with Crippen LogP contribution in [0.4, 0.5) is 13.2 Å². The van der Waals surface area contributed by atoms with Crippen molar-refractivity contribution in [3.05, 3.63) is 47.9 Å². The number of aromatic nitrogens is 3. The van der Waals surface area contributed by atoms with Crippen molar-refractivity contribution < 1.29 is 53.0 Å². The number of aliphatic hydroxyl groups excluding tert-OH is 4. The van der Waals surface area contributed by atoms with Gasteiger partial charge in [0.1, 0.15) is 30.6 Å². The first-order valence-electron chi connectivity index (χ1n) is 10.0. The molecule has 0 spiro atoms. The molecule has 0 saturated carbocycles. The van der Waals surface area contributed by atoms with E-state index in [1.165, 1.54) is 18.3 Å². The molecular formula is C20H21F3N4O8. The highest BCUT2D eigenvalue weighted by Crippen LogP contribution is 2.30. The van der Waals surface area contributed by atoms with Gasteiger partial charge < -0.3 is 35.6 Å². The number of nitrogens with zero attached hydrogens (tertiary/aromatic N) is 3. The van der Waals surface area contributed by atoms with E-state index in [9.17, 15) is 38.1 Å². The highest BCUT2D eigenvalue weighted by molar-refractivity contribution is 5.84. The topological polar surface area (TPSA) is 187 Å². The van der Waals surface area contributed by atoms with Crippen molar-refractivity contribution in [3.63, 3.8) is 0 Å². The minimum Gasteiger partial charge on any atom is -0.478 e. The Hall–Kier alpha value is -3.53. The summed E-state index contributed by atoms with van der Waals surface area (Å²) in [6.07, 6.45) is -9.32. The Morgan fingerprint density at radius 2 is 1.86 bits per heavy atom. The Morgan fingerprint density at radius 3 is 2.43 bits per heavy atom. The van der Waals surface area contributed by atoms with E-state index < -0.39 is 73.0 Å². The van der Waals surface area contributed by atoms with E-state index in [2.05, 4.69) is 15.6 Å². The maximum atomic E-state index is 12.7. The van der Waals surface area contributed by atoms with Crippen LogP contribution in [0.1, 0.15) is 5.56 Å². The number of alkyl halides is 3. The number of carboxylic acids is 1. The molecule has 0 fully saturated rings. The predicted octanol–water partition coefficient (Wildman–Crippen LogP) is -1.11. The average molecular weight is 502 g/mol. The van der Waals surface area contributed by atoms with Gasteiger partial charge in [-0.2, -0.15) is 13.2 Å². The van der Waals surface area contributed by atoms with Gasteiger partial charge in [0, 0.05) is 5.56 Å². The molecule has 0 unspecified atom stereocenters. The molecular weight excluding hydrogens is 481 g/mol. The number of halogens is 3. The molecule has 2 aromatic rings. The van der Waals surface area contributed by atoms with Gasteiger partial charge in [0.25, 0.3) is 0 Å². The third kappa shape index (κ3) is 6.13. The van der Waals surface area contributed by atoms with Gasteiger partial charge in [-0.3, -0.25) is 4.79 Å². The molecule has 1 aromatic heterocycles. The predicted molar refractivity (Wildman–Crippen MR) is 108 cm³/mol. The molecule has 1 aromatic carbocycles. The number of hydrogen-bond donors (Lipinski definition) is 6. The Balaban J connectivity index is 1.72. The minimum atomic E-state index is -4.50. The summed E-state index contributed by atoms with van der Waals surface area (Å²) in [6.45, 7) is -1.38. The van der Waals surface area contributed by atoms with Crippen LogP contribution in [0.15, 0.2) is 42.3 Å². The number of hydrogen-bond acceptors (Lipinski definition) is 9. The van der Waals surface area contributed by atoms with E-state index in [0.29, 0.717) is 5.56 Å². The minimum absolute atomic E-state index is 0.181. The van der Waals surface area contributed by atoms with E-state index >= 15 is 0 Å². The number of carboxylic acid groups (broad SMARTS) is 1. The lowest BCUT2D eigenvalue weighted by atomic mass is 9.94. The third-order valence-corrected chi connectivity index (χ3v) is 5.12. The molecule has 6 N–H and O–H groups in total. The van der Waals surface area contributed by atoms with Gasteiger partial charge in [-0.1, -0.05) is 17.3 Å². The van der Waals surface area contributed by atoms with E-state index in [-0.39, 0.29) is 5.69 Å². The molecule has 1 amide bonds. The first-order chi connectivity index (χ1) is 16.4. The van der Waals surface area contributed by atoms with Crippen molar-refractivity contribution >= 4 is 11.9 Å². The summed E-state index contributed by atoms with van der Waals surface area (Å²) in [5.74, 6) is -3.08. The average Bonchev–Trinajstić information content (AvgIpc) is 3.26. The maximum Gasteiger partial charge on any atom is 0.416 e. The standard InChI is InChI=1S/C20H21F3N4O8/c21-20(22,23)10-3-1-9(2-4-10)11-6-27(26-25-11)7-15(31)24-16-12(29)5-14(19(33)34)35-18(16)17(32)13(30)8-28/h1-6,12-13,16-18,28-30,32H,7-8H2,(H,24,31)(H,33,34)/t12-,13+,16+,17+,18+/m0/s1. The Kier molecular flexibility index (Phi) is 7.74. The molecule has 0 aliphatic carbocycles. The molecule has 12 nitrogen and oxygen atoms in total. The second-order valence-corrected chi connectivity index (χ2v) is 7.62. The van der Waals surface area contributed by atoms with Gasteiger partial charge in [0.2, 0.25) is 11.7 Å². The largest absolute Gasteiger partial charge is 0.478 e. The fourth-order valence-corrected chi connectivity index (χ4v) is 3.33. The van der Waals surface area contributed by atoms with Crippen LogP contribution in [-0.4, -0.2) is 89.5 Å². The zero-order chi connectivity index (χ0) is 25.9. The number of nitrogens with one attached hydrogen (secondary N) is 1. The van der Waals surface area contributed by atoms with Crippen molar-refractivity contribution in [2.24, 2.45) is 0 Å². The molecule has 1 aliphatic rings. The molecule has 0 bridgehead atoms. The van der Waals surface area contributed by atoms with Crippen LogP contribution in [0.25, 0.3) is 11.3 Å². The van der Waals surface area contributed by atoms with Crippen LogP contribution in [0.3, 0.4) is 0 Å². The number of benzene rings is 1. The lowest BCUT2D eigenvalue weighted by Crippen LogP contribution is -2.60. The van der Waals surface area contributed by atoms with E-state index in [0.717, 1.165) is 22.9 Å². The van der Waals surface area contributed by atoms with Crippen LogP contribution < -0.4 is 5.32 Å². The van der Waals surface area contributed by atoms with Gasteiger partial charge >= 0.3 is 12.1 Å². The zero-order valence-electron chi connectivity index (χ0n) is 17.7. The molecule has 1 aliphatic heterocycles. The van der Waals surface area contributed by atoms with Crippen LogP contribution >= 0.6 is 0 Å². The molecule has 0 saturated heterocycles. The molecule has 3 rings (SSSR count). The molecule has 0 radical (unpaired) electrons. The van der Waals surface area contributed by atoms with Gasteiger partial charge in [0.15, 0.2) is 6.10 Å². The molecule has 190 valence electrons. The number of ether oxygens (including phenoxy) is 1. The van der Waals surface area contributed by atoms with Crippen LogP contribution in [0.5, 0.6) is 0 Å². The van der Waals surface area contributed by atoms with Crippen LogP contribution in [0.2, 0.25) is 0 Å². The summed E-state index contributed by atoms with van der Waals surface area (Å²) in [5.41, 5.74) is -0.348. The second-order valence-electron chi connectivity index (χ2n) is 7.62. The normalized spacial score (nSPS) is 22.0. The fraction of sp³-hybridized carbons (Fsp3) is 0.400. The Bertz CT molecular complexity index is 1090. The first-order valence-corrected chi connectivity index (χ1v) is 10.0. The van der Waals surface area contributed by atoms with E-state index in [4.69, 9.17) is 14.9 Å². The lowest BCUT2D eigenvalue weighted by Gasteiger charge is -2.38. The fourth-order valence-electron chi connectivity index (χ4n) is 3.33. The van der Waals surface area contributed by atoms with Crippen LogP contribution in [0, 0.1) is 0 Å². The zero-order valence-corrected chi connectivity index (χ0v) is 17.7. The summed E-state index contributed by atoms with van der Waals surface area (Å²) in [7, 11) is 0.